The van der Waals surface area contributed by atoms with Crippen LogP contribution in [0, 0.1) is 15.9 Å². The molecule has 2 aromatic rings. The zero-order chi connectivity index (χ0) is 17.5. The molecule has 24 heavy (non-hydrogen) atoms. The van der Waals surface area contributed by atoms with Gasteiger partial charge in [0.15, 0.2) is 0 Å². The van der Waals surface area contributed by atoms with Gasteiger partial charge in [-0.1, -0.05) is 12.1 Å². The van der Waals surface area contributed by atoms with Gasteiger partial charge in [-0.2, -0.15) is 5.10 Å². The lowest BCUT2D eigenvalue weighted by Crippen LogP contribution is -2.42. The monoisotopic (exact) mass is 335 g/mol. The molecule has 1 atom stereocenters. The Morgan fingerprint density at radius 3 is 2.96 bits per heavy atom. The van der Waals surface area contributed by atoms with E-state index in [1.807, 2.05) is 6.92 Å². The molecular weight excluding hydrogens is 317 g/mol. The summed E-state index contributed by atoms with van der Waals surface area (Å²) in [6.07, 6.45) is 2.96. The molecule has 0 spiro atoms. The number of halogens is 1. The van der Waals surface area contributed by atoms with Crippen LogP contribution in [0.3, 0.4) is 0 Å². The highest BCUT2D eigenvalue weighted by molar-refractivity contribution is 5.74. The summed E-state index contributed by atoms with van der Waals surface area (Å²) >= 11 is 0. The molecule has 0 radical (unpaired) electrons. The molecule has 0 saturated heterocycles. The van der Waals surface area contributed by atoms with Crippen LogP contribution in [0.2, 0.25) is 0 Å². The predicted molar refractivity (Wildman–Crippen MR) is 85.0 cm³/mol. The Morgan fingerprint density at radius 1 is 1.50 bits per heavy atom. The predicted octanol–water partition coefficient (Wildman–Crippen LogP) is 1.86. The second-order valence-electron chi connectivity index (χ2n) is 5.35. The molecule has 0 aliphatic heterocycles. The summed E-state index contributed by atoms with van der Waals surface area (Å²) in [4.78, 5) is 21.8. The smallest absolute Gasteiger partial charge is 0.315 e. The maximum Gasteiger partial charge on any atom is 0.315 e. The average molecular weight is 335 g/mol. The first-order valence-corrected chi connectivity index (χ1v) is 7.39. The van der Waals surface area contributed by atoms with E-state index >= 15 is 0 Å². The lowest BCUT2D eigenvalue weighted by Gasteiger charge is -2.14. The highest BCUT2D eigenvalue weighted by Gasteiger charge is 2.10. The number of carbonyl (C=O) groups excluding carboxylic acids is 1. The third-order valence-electron chi connectivity index (χ3n) is 3.27. The fourth-order valence-corrected chi connectivity index (χ4v) is 2.20. The molecule has 2 N–H and O–H groups in total. The molecule has 0 aliphatic rings. The summed E-state index contributed by atoms with van der Waals surface area (Å²) in [6, 6.07) is 5.69. The topological polar surface area (TPSA) is 102 Å². The molecule has 0 fully saturated rings. The number of carbonyl (C=O) groups is 1. The van der Waals surface area contributed by atoms with E-state index in [1.165, 1.54) is 23.0 Å². The fraction of sp³-hybridized carbons (Fsp3) is 0.333. The molecule has 8 nitrogen and oxygen atoms in total. The zero-order valence-corrected chi connectivity index (χ0v) is 13.1. The molecule has 2 rings (SSSR count). The van der Waals surface area contributed by atoms with Crippen molar-refractivity contribution in [3.8, 4) is 0 Å². The summed E-state index contributed by atoms with van der Waals surface area (Å²) in [7, 11) is 0. The van der Waals surface area contributed by atoms with Crippen LogP contribution in [0.15, 0.2) is 36.7 Å². The maximum absolute atomic E-state index is 13.1. The third-order valence-corrected chi connectivity index (χ3v) is 3.27. The molecule has 1 aromatic carbocycles. The minimum atomic E-state index is -0.530. The van der Waals surface area contributed by atoms with E-state index in [1.54, 1.807) is 12.1 Å². The van der Waals surface area contributed by atoms with Gasteiger partial charge in [-0.15, -0.1) is 0 Å². The van der Waals surface area contributed by atoms with Gasteiger partial charge in [0.2, 0.25) is 0 Å². The van der Waals surface area contributed by atoms with Crippen molar-refractivity contribution in [3.63, 3.8) is 0 Å². The quantitative estimate of drug-likeness (QED) is 0.595. The summed E-state index contributed by atoms with van der Waals surface area (Å²) in [5.41, 5.74) is 0.704. The normalized spacial score (nSPS) is 11.8. The molecule has 9 heteroatoms. The number of urea groups is 1. The van der Waals surface area contributed by atoms with Crippen LogP contribution in [0.1, 0.15) is 12.5 Å². The first-order valence-electron chi connectivity index (χ1n) is 7.39. The van der Waals surface area contributed by atoms with Crippen molar-refractivity contribution in [2.45, 2.75) is 25.9 Å². The van der Waals surface area contributed by atoms with Crippen molar-refractivity contribution in [3.05, 3.63) is 58.2 Å². The SMILES string of the molecule is CC(Cc1cccc(F)c1)NC(=O)NCCn1cc([N+](=O)[O-])cn1. The van der Waals surface area contributed by atoms with E-state index in [-0.39, 0.29) is 30.1 Å². The van der Waals surface area contributed by atoms with Crippen molar-refractivity contribution >= 4 is 11.7 Å². The highest BCUT2D eigenvalue weighted by Crippen LogP contribution is 2.07. The molecule has 128 valence electrons. The van der Waals surface area contributed by atoms with Crippen LogP contribution in [-0.2, 0) is 13.0 Å². The van der Waals surface area contributed by atoms with E-state index < -0.39 is 4.92 Å². The van der Waals surface area contributed by atoms with Crippen LogP contribution in [0.4, 0.5) is 14.9 Å². The van der Waals surface area contributed by atoms with Gasteiger partial charge in [-0.05, 0) is 31.0 Å². The Balaban J connectivity index is 1.71. The number of nitro groups is 1. The van der Waals surface area contributed by atoms with Crippen molar-refractivity contribution in [1.29, 1.82) is 0 Å². The fourth-order valence-electron chi connectivity index (χ4n) is 2.20. The van der Waals surface area contributed by atoms with Gasteiger partial charge in [0.25, 0.3) is 0 Å². The van der Waals surface area contributed by atoms with E-state index in [2.05, 4.69) is 15.7 Å². The van der Waals surface area contributed by atoms with Crippen molar-refractivity contribution in [2.24, 2.45) is 0 Å². The molecule has 1 heterocycles. The molecule has 0 saturated carbocycles. The zero-order valence-electron chi connectivity index (χ0n) is 13.1. The second-order valence-corrected chi connectivity index (χ2v) is 5.35. The minimum absolute atomic E-state index is 0.0943. The third kappa shape index (κ3) is 5.34. The number of nitrogens with one attached hydrogen (secondary N) is 2. The number of amides is 2. The first kappa shape index (κ1) is 17.4. The Bertz CT molecular complexity index is 719. The van der Waals surface area contributed by atoms with Crippen LogP contribution in [0.25, 0.3) is 0 Å². The summed E-state index contributed by atoms with van der Waals surface area (Å²) in [5, 5.41) is 19.8. The van der Waals surface area contributed by atoms with Crippen LogP contribution in [-0.4, -0.2) is 33.3 Å². The number of hydrogen-bond acceptors (Lipinski definition) is 4. The summed E-state index contributed by atoms with van der Waals surface area (Å²) < 4.78 is 14.5. The number of aromatic nitrogens is 2. The largest absolute Gasteiger partial charge is 0.336 e. The number of hydrogen-bond donors (Lipinski definition) is 2. The van der Waals surface area contributed by atoms with Crippen LogP contribution >= 0.6 is 0 Å². The minimum Gasteiger partial charge on any atom is -0.336 e. The molecule has 0 bridgehead atoms. The Labute approximate surface area is 137 Å². The Morgan fingerprint density at radius 2 is 2.29 bits per heavy atom. The number of nitrogens with zero attached hydrogens (tertiary/aromatic N) is 3. The standard InChI is InChI=1S/C15H18FN5O3/c1-11(7-12-3-2-4-13(16)8-12)19-15(22)17-5-6-20-10-14(9-18-20)21(23)24/h2-4,8-11H,5-7H2,1H3,(H2,17,19,22). The second kappa shape index (κ2) is 8.04. The first-order chi connectivity index (χ1) is 11.4. The van der Waals surface area contributed by atoms with Gasteiger partial charge in [0.05, 0.1) is 11.5 Å². The lowest BCUT2D eigenvalue weighted by molar-refractivity contribution is -0.385. The summed E-state index contributed by atoms with van der Waals surface area (Å²) in [6.45, 7) is 2.41. The molecule has 2 amide bonds. The molecular formula is C15H18FN5O3. The maximum atomic E-state index is 13.1. The Hall–Kier alpha value is -2.97. The average Bonchev–Trinajstić information content (AvgIpc) is 2.96. The van der Waals surface area contributed by atoms with Crippen molar-refractivity contribution in [1.82, 2.24) is 20.4 Å². The van der Waals surface area contributed by atoms with Gasteiger partial charge in [0, 0.05) is 12.6 Å². The van der Waals surface area contributed by atoms with Crippen LogP contribution < -0.4 is 10.6 Å². The number of rotatable bonds is 7. The van der Waals surface area contributed by atoms with Gasteiger partial charge >= 0.3 is 11.7 Å². The van der Waals surface area contributed by atoms with Gasteiger partial charge in [-0.3, -0.25) is 14.8 Å². The van der Waals surface area contributed by atoms with E-state index in [4.69, 9.17) is 0 Å². The number of benzene rings is 1. The molecule has 1 unspecified atom stereocenters. The van der Waals surface area contributed by atoms with Gasteiger partial charge in [-0.25, -0.2) is 9.18 Å². The van der Waals surface area contributed by atoms with E-state index in [9.17, 15) is 19.3 Å². The summed E-state index contributed by atoms with van der Waals surface area (Å²) in [5.74, 6) is -0.308. The van der Waals surface area contributed by atoms with Crippen LogP contribution in [0.5, 0.6) is 0 Å². The van der Waals surface area contributed by atoms with Crippen molar-refractivity contribution in [2.75, 3.05) is 6.54 Å². The molecule has 0 aliphatic carbocycles. The molecule has 1 aromatic heterocycles. The van der Waals surface area contributed by atoms with E-state index in [0.29, 0.717) is 13.0 Å². The van der Waals surface area contributed by atoms with Gasteiger partial charge < -0.3 is 10.6 Å². The van der Waals surface area contributed by atoms with E-state index in [0.717, 1.165) is 11.8 Å². The Kier molecular flexibility index (Phi) is 5.83. The highest BCUT2D eigenvalue weighted by atomic mass is 19.1. The van der Waals surface area contributed by atoms with Crippen molar-refractivity contribution < 1.29 is 14.1 Å². The van der Waals surface area contributed by atoms with Gasteiger partial charge in [0.1, 0.15) is 18.2 Å². The lowest BCUT2D eigenvalue weighted by atomic mass is 10.1.